The van der Waals surface area contributed by atoms with Crippen molar-refractivity contribution in [3.05, 3.63) is 23.3 Å². The van der Waals surface area contributed by atoms with E-state index in [4.69, 9.17) is 14.2 Å². The molecule has 6 heteroatoms. The molecule has 2 atom stereocenters. The van der Waals surface area contributed by atoms with E-state index in [1.54, 1.807) is 20.1 Å². The lowest BCUT2D eigenvalue weighted by atomic mass is 9.98. The van der Waals surface area contributed by atoms with Crippen LogP contribution < -0.4 is 9.47 Å². The number of rotatable bonds is 16. The number of benzene rings is 1. The van der Waals surface area contributed by atoms with Gasteiger partial charge in [-0.3, -0.25) is 4.79 Å². The summed E-state index contributed by atoms with van der Waals surface area (Å²) < 4.78 is 16.6. The Bertz CT molecular complexity index is 712. The van der Waals surface area contributed by atoms with Crippen molar-refractivity contribution in [3.63, 3.8) is 0 Å². The zero-order valence-electron chi connectivity index (χ0n) is 19.3. The summed E-state index contributed by atoms with van der Waals surface area (Å²) >= 11 is 0. The fourth-order valence-electron chi connectivity index (χ4n) is 3.99. The SMILES string of the molecule is CCOc1cc(OC)c2c(c1)C(CCCCCCCCCC(=O)CCC(C)O)OC2=O. The molecule has 174 valence electrons. The molecule has 2 rings (SSSR count). The molecule has 0 saturated carbocycles. The van der Waals surface area contributed by atoms with Crippen LogP contribution >= 0.6 is 0 Å². The molecule has 1 N–H and O–H groups in total. The normalized spacial score (nSPS) is 16.0. The molecular weight excluding hydrogens is 396 g/mol. The fourth-order valence-corrected chi connectivity index (χ4v) is 3.99. The number of cyclic esters (lactones) is 1. The molecule has 0 fully saturated rings. The number of ketones is 1. The molecule has 0 amide bonds. The predicted octanol–water partition coefficient (Wildman–Crippen LogP) is 5.55. The van der Waals surface area contributed by atoms with Crippen molar-refractivity contribution in [2.24, 2.45) is 0 Å². The van der Waals surface area contributed by atoms with E-state index in [0.29, 0.717) is 42.9 Å². The van der Waals surface area contributed by atoms with Gasteiger partial charge in [-0.25, -0.2) is 4.79 Å². The maximum Gasteiger partial charge on any atom is 0.342 e. The van der Waals surface area contributed by atoms with Gasteiger partial charge in [-0.1, -0.05) is 32.1 Å². The van der Waals surface area contributed by atoms with Gasteiger partial charge in [-0.2, -0.15) is 0 Å². The van der Waals surface area contributed by atoms with Crippen molar-refractivity contribution in [2.75, 3.05) is 13.7 Å². The van der Waals surface area contributed by atoms with Gasteiger partial charge in [0, 0.05) is 24.5 Å². The number of hydrogen-bond acceptors (Lipinski definition) is 6. The highest BCUT2D eigenvalue weighted by Crippen LogP contribution is 2.41. The number of carbonyl (C=O) groups is 2. The highest BCUT2D eigenvalue weighted by Gasteiger charge is 2.34. The Hall–Kier alpha value is -2.08. The van der Waals surface area contributed by atoms with Crippen LogP contribution in [0.15, 0.2) is 12.1 Å². The summed E-state index contributed by atoms with van der Waals surface area (Å²) in [6, 6.07) is 3.64. The minimum Gasteiger partial charge on any atom is -0.496 e. The number of fused-ring (bicyclic) bond motifs is 1. The van der Waals surface area contributed by atoms with E-state index in [1.807, 2.05) is 13.0 Å². The smallest absolute Gasteiger partial charge is 0.342 e. The molecule has 1 aromatic rings. The van der Waals surface area contributed by atoms with E-state index < -0.39 is 0 Å². The highest BCUT2D eigenvalue weighted by atomic mass is 16.6. The average molecular weight is 435 g/mol. The number of Topliss-reactive ketones (excluding diaryl/α,β-unsaturated/α-hetero) is 1. The van der Waals surface area contributed by atoms with Gasteiger partial charge in [0.1, 0.15) is 28.9 Å². The number of hydrogen-bond donors (Lipinski definition) is 1. The van der Waals surface area contributed by atoms with Gasteiger partial charge < -0.3 is 19.3 Å². The quantitative estimate of drug-likeness (QED) is 0.271. The molecule has 1 aliphatic rings. The van der Waals surface area contributed by atoms with Crippen molar-refractivity contribution in [1.29, 1.82) is 0 Å². The number of methoxy groups -OCH3 is 1. The molecule has 1 aliphatic heterocycles. The van der Waals surface area contributed by atoms with Crippen LogP contribution in [0.1, 0.15) is 107 Å². The maximum absolute atomic E-state index is 12.3. The van der Waals surface area contributed by atoms with Gasteiger partial charge >= 0.3 is 5.97 Å². The van der Waals surface area contributed by atoms with Crippen molar-refractivity contribution >= 4 is 11.8 Å². The zero-order chi connectivity index (χ0) is 22.6. The Balaban J connectivity index is 1.64. The second-order valence-corrected chi connectivity index (χ2v) is 8.36. The summed E-state index contributed by atoms with van der Waals surface area (Å²) in [5.74, 6) is 1.16. The molecule has 0 spiro atoms. The van der Waals surface area contributed by atoms with Gasteiger partial charge in [0.05, 0.1) is 19.8 Å². The number of aliphatic hydroxyl groups excluding tert-OH is 1. The first-order chi connectivity index (χ1) is 15.0. The number of carbonyl (C=O) groups excluding carboxylic acids is 2. The van der Waals surface area contributed by atoms with E-state index in [2.05, 4.69) is 0 Å². The monoisotopic (exact) mass is 434 g/mol. The summed E-state index contributed by atoms with van der Waals surface area (Å²) in [7, 11) is 1.55. The van der Waals surface area contributed by atoms with E-state index in [9.17, 15) is 14.7 Å². The van der Waals surface area contributed by atoms with Gasteiger partial charge in [-0.05, 0) is 45.6 Å². The molecular formula is C25H38O6. The second-order valence-electron chi connectivity index (χ2n) is 8.36. The topological polar surface area (TPSA) is 82.1 Å². The van der Waals surface area contributed by atoms with Crippen LogP contribution in [0.3, 0.4) is 0 Å². The van der Waals surface area contributed by atoms with Crippen molar-refractivity contribution < 1.29 is 28.9 Å². The summed E-state index contributed by atoms with van der Waals surface area (Å²) in [6.07, 6.45) is 9.42. The van der Waals surface area contributed by atoms with Crippen LogP contribution in [-0.2, 0) is 9.53 Å². The molecule has 2 unspecified atom stereocenters. The van der Waals surface area contributed by atoms with Gasteiger partial charge in [-0.15, -0.1) is 0 Å². The Kier molecular flexibility index (Phi) is 10.9. The van der Waals surface area contributed by atoms with E-state index >= 15 is 0 Å². The molecule has 1 aromatic carbocycles. The highest BCUT2D eigenvalue weighted by molar-refractivity contribution is 5.97. The number of unbranched alkanes of at least 4 members (excludes halogenated alkanes) is 6. The summed E-state index contributed by atoms with van der Waals surface area (Å²) in [6.45, 7) is 4.20. The van der Waals surface area contributed by atoms with E-state index in [0.717, 1.165) is 56.9 Å². The second kappa shape index (κ2) is 13.4. The lowest BCUT2D eigenvalue weighted by molar-refractivity contribution is -0.119. The van der Waals surface area contributed by atoms with Crippen LogP contribution in [0.5, 0.6) is 11.5 Å². The molecule has 31 heavy (non-hydrogen) atoms. The average Bonchev–Trinajstić information content (AvgIpc) is 3.06. The first-order valence-electron chi connectivity index (χ1n) is 11.7. The van der Waals surface area contributed by atoms with Crippen molar-refractivity contribution in [2.45, 2.75) is 96.7 Å². The number of aliphatic hydroxyl groups is 1. The van der Waals surface area contributed by atoms with E-state index in [1.165, 1.54) is 0 Å². The standard InChI is InChI=1S/C25H38O6/c1-4-30-20-16-21-22(31-25(28)24(21)23(17-20)29-3)13-11-9-7-5-6-8-10-12-19(27)15-14-18(2)26/h16-18,22,26H,4-15H2,1-3H3. The number of ether oxygens (including phenoxy) is 3. The molecule has 1 heterocycles. The zero-order valence-corrected chi connectivity index (χ0v) is 19.3. The predicted molar refractivity (Wildman–Crippen MR) is 120 cm³/mol. The van der Waals surface area contributed by atoms with Gasteiger partial charge in [0.15, 0.2) is 0 Å². The molecule has 0 radical (unpaired) electrons. The molecule has 0 aliphatic carbocycles. The van der Waals surface area contributed by atoms with Gasteiger partial charge in [0.2, 0.25) is 0 Å². The van der Waals surface area contributed by atoms with Crippen molar-refractivity contribution in [3.8, 4) is 11.5 Å². The maximum atomic E-state index is 12.3. The Morgan fingerprint density at radius 1 is 1.10 bits per heavy atom. The Morgan fingerprint density at radius 2 is 1.77 bits per heavy atom. The first kappa shape index (κ1) is 25.2. The summed E-state index contributed by atoms with van der Waals surface area (Å²) in [4.78, 5) is 24.0. The first-order valence-corrected chi connectivity index (χ1v) is 11.7. The third kappa shape index (κ3) is 8.17. The lowest BCUT2D eigenvalue weighted by Gasteiger charge is -2.13. The van der Waals surface area contributed by atoms with Crippen LogP contribution in [0.4, 0.5) is 0 Å². The Labute approximate surface area is 186 Å². The van der Waals surface area contributed by atoms with Crippen LogP contribution in [0.2, 0.25) is 0 Å². The van der Waals surface area contributed by atoms with Crippen LogP contribution in [0.25, 0.3) is 0 Å². The third-order valence-corrected chi connectivity index (χ3v) is 5.70. The molecule has 6 nitrogen and oxygen atoms in total. The van der Waals surface area contributed by atoms with Crippen LogP contribution in [0, 0.1) is 0 Å². The van der Waals surface area contributed by atoms with Crippen molar-refractivity contribution in [1.82, 2.24) is 0 Å². The minimum absolute atomic E-state index is 0.232. The fraction of sp³-hybridized carbons (Fsp3) is 0.680. The molecule has 0 aromatic heterocycles. The summed E-state index contributed by atoms with van der Waals surface area (Å²) in [5, 5.41) is 9.21. The number of esters is 1. The largest absolute Gasteiger partial charge is 0.496 e. The summed E-state index contributed by atoms with van der Waals surface area (Å²) in [5.41, 5.74) is 1.40. The third-order valence-electron chi connectivity index (χ3n) is 5.70. The Morgan fingerprint density at radius 3 is 2.42 bits per heavy atom. The van der Waals surface area contributed by atoms with Crippen LogP contribution in [-0.4, -0.2) is 36.7 Å². The molecule has 0 saturated heterocycles. The van der Waals surface area contributed by atoms with E-state index in [-0.39, 0.29) is 24.0 Å². The molecule has 0 bridgehead atoms. The van der Waals surface area contributed by atoms with Gasteiger partial charge in [0.25, 0.3) is 0 Å². The minimum atomic E-state index is -0.390. The lowest BCUT2D eigenvalue weighted by Crippen LogP contribution is -2.05.